The van der Waals surface area contributed by atoms with E-state index in [0.717, 1.165) is 11.3 Å². The van der Waals surface area contributed by atoms with E-state index in [1.807, 2.05) is 42.5 Å². The molecule has 5 heteroatoms. The molecule has 0 heterocycles. The summed E-state index contributed by atoms with van der Waals surface area (Å²) in [6.07, 6.45) is 0. The summed E-state index contributed by atoms with van der Waals surface area (Å²) in [5, 5.41) is 0. The van der Waals surface area contributed by atoms with Crippen LogP contribution in [0.1, 0.15) is 5.56 Å². The highest BCUT2D eigenvalue weighted by Crippen LogP contribution is 2.25. The number of thiocarbonyl (C=S) groups is 1. The van der Waals surface area contributed by atoms with Crippen LogP contribution in [-0.4, -0.2) is 25.3 Å². The number of nitrogens with two attached hydrogens (primary N) is 1. The largest absolute Gasteiger partial charge is 0.497 e. The lowest BCUT2D eigenvalue weighted by atomic mass is 10.1. The van der Waals surface area contributed by atoms with E-state index in [1.165, 1.54) is 5.56 Å². The quantitative estimate of drug-likeness (QED) is 0.463. The molecule has 3 aromatic rings. The Morgan fingerprint density at radius 1 is 0.815 bits per heavy atom. The smallest absolute Gasteiger partial charge is 0.133 e. The second kappa shape index (κ2) is 9.05. The van der Waals surface area contributed by atoms with Gasteiger partial charge in [0.1, 0.15) is 35.5 Å². The van der Waals surface area contributed by atoms with Gasteiger partial charge < -0.3 is 19.9 Å². The third-order valence-corrected chi connectivity index (χ3v) is 4.25. The van der Waals surface area contributed by atoms with Crippen LogP contribution in [0.3, 0.4) is 0 Å². The van der Waals surface area contributed by atoms with E-state index in [4.69, 9.17) is 32.2 Å². The Labute approximate surface area is 164 Å². The molecule has 138 valence electrons. The molecule has 0 bridgehead atoms. The van der Waals surface area contributed by atoms with Crippen LogP contribution in [0.2, 0.25) is 0 Å². The van der Waals surface area contributed by atoms with Crippen LogP contribution < -0.4 is 19.9 Å². The third-order valence-electron chi connectivity index (χ3n) is 4.03. The zero-order valence-electron chi connectivity index (χ0n) is 15.1. The van der Waals surface area contributed by atoms with Crippen LogP contribution in [0.5, 0.6) is 17.2 Å². The molecule has 0 aromatic heterocycles. The van der Waals surface area contributed by atoms with Crippen molar-refractivity contribution >= 4 is 17.2 Å². The van der Waals surface area contributed by atoms with Gasteiger partial charge in [-0.15, -0.1) is 0 Å². The zero-order chi connectivity index (χ0) is 19.1. The number of rotatable bonds is 8. The van der Waals surface area contributed by atoms with Gasteiger partial charge in [-0.2, -0.15) is 0 Å². The predicted octanol–water partition coefficient (Wildman–Crippen LogP) is 4.45. The first-order valence-corrected chi connectivity index (χ1v) is 8.97. The molecule has 3 rings (SSSR count). The van der Waals surface area contributed by atoms with Crippen LogP contribution in [0.25, 0.3) is 11.1 Å². The number of benzene rings is 3. The molecule has 0 aliphatic rings. The molecular weight excluding hydrogens is 358 g/mol. The minimum absolute atomic E-state index is 0.282. The number of ether oxygens (including phenoxy) is 3. The van der Waals surface area contributed by atoms with Crippen molar-refractivity contribution in [2.45, 2.75) is 0 Å². The first kappa shape index (κ1) is 18.7. The van der Waals surface area contributed by atoms with Gasteiger partial charge in [0.15, 0.2) is 0 Å². The topological polar surface area (TPSA) is 53.7 Å². The second-order valence-electron chi connectivity index (χ2n) is 5.81. The molecule has 0 aliphatic heterocycles. The summed E-state index contributed by atoms with van der Waals surface area (Å²) in [5.74, 6) is 2.06. The van der Waals surface area contributed by atoms with Crippen molar-refractivity contribution in [2.24, 2.45) is 5.73 Å². The van der Waals surface area contributed by atoms with Crippen molar-refractivity contribution in [2.75, 3.05) is 20.3 Å². The van der Waals surface area contributed by atoms with E-state index >= 15 is 0 Å². The van der Waals surface area contributed by atoms with Gasteiger partial charge in [-0.25, -0.2) is 0 Å². The maximum atomic E-state index is 5.78. The van der Waals surface area contributed by atoms with Crippen molar-refractivity contribution in [3.8, 4) is 28.4 Å². The average Bonchev–Trinajstić information content (AvgIpc) is 2.72. The Hall–Kier alpha value is -3.05. The minimum atomic E-state index is 0.282. The van der Waals surface area contributed by atoms with E-state index in [0.29, 0.717) is 30.3 Å². The molecule has 0 aliphatic carbocycles. The van der Waals surface area contributed by atoms with Crippen LogP contribution in [-0.2, 0) is 0 Å². The Balaban J connectivity index is 1.55. The lowest BCUT2D eigenvalue weighted by Gasteiger charge is -2.13. The maximum absolute atomic E-state index is 5.78. The van der Waals surface area contributed by atoms with Gasteiger partial charge >= 0.3 is 0 Å². The fourth-order valence-electron chi connectivity index (χ4n) is 2.64. The normalized spacial score (nSPS) is 10.3. The molecule has 0 amide bonds. The monoisotopic (exact) mass is 379 g/mol. The SMILES string of the molecule is COc1ccc(C(N)=S)c(OCCOc2ccc(-c3ccccc3)cc2)c1. The van der Waals surface area contributed by atoms with Crippen LogP contribution >= 0.6 is 12.2 Å². The summed E-state index contributed by atoms with van der Waals surface area (Å²) in [5.41, 5.74) is 8.75. The molecule has 0 atom stereocenters. The molecule has 0 radical (unpaired) electrons. The van der Waals surface area contributed by atoms with Crippen molar-refractivity contribution < 1.29 is 14.2 Å². The fraction of sp³-hybridized carbons (Fsp3) is 0.136. The molecule has 2 N–H and O–H groups in total. The Bertz CT molecular complexity index is 895. The van der Waals surface area contributed by atoms with Crippen molar-refractivity contribution in [1.29, 1.82) is 0 Å². The minimum Gasteiger partial charge on any atom is -0.497 e. The van der Waals surface area contributed by atoms with Crippen LogP contribution in [0.15, 0.2) is 72.8 Å². The summed E-state index contributed by atoms with van der Waals surface area (Å²) >= 11 is 5.06. The highest BCUT2D eigenvalue weighted by atomic mass is 32.1. The van der Waals surface area contributed by atoms with E-state index < -0.39 is 0 Å². The molecule has 0 spiro atoms. The first-order valence-electron chi connectivity index (χ1n) is 8.56. The van der Waals surface area contributed by atoms with Gasteiger partial charge in [0.2, 0.25) is 0 Å². The van der Waals surface area contributed by atoms with Crippen molar-refractivity contribution in [1.82, 2.24) is 0 Å². The molecule has 0 unspecified atom stereocenters. The molecule has 27 heavy (non-hydrogen) atoms. The lowest BCUT2D eigenvalue weighted by Crippen LogP contribution is -2.14. The van der Waals surface area contributed by atoms with Crippen LogP contribution in [0, 0.1) is 0 Å². The van der Waals surface area contributed by atoms with E-state index in [9.17, 15) is 0 Å². The molecular formula is C22H21NO3S. The predicted molar refractivity (Wildman–Crippen MR) is 112 cm³/mol. The Kier molecular flexibility index (Phi) is 6.28. The number of methoxy groups -OCH3 is 1. The number of hydrogen-bond donors (Lipinski definition) is 1. The van der Waals surface area contributed by atoms with Gasteiger partial charge in [-0.05, 0) is 35.4 Å². The summed E-state index contributed by atoms with van der Waals surface area (Å²) in [7, 11) is 1.60. The van der Waals surface area contributed by atoms with Gasteiger partial charge in [0.05, 0.1) is 12.7 Å². The van der Waals surface area contributed by atoms with E-state index in [-0.39, 0.29) is 4.99 Å². The van der Waals surface area contributed by atoms with Crippen molar-refractivity contribution in [3.05, 3.63) is 78.4 Å². The van der Waals surface area contributed by atoms with E-state index in [1.54, 1.807) is 25.3 Å². The standard InChI is InChI=1S/C22H21NO3S/c1-24-19-11-12-20(22(23)27)21(15-19)26-14-13-25-18-9-7-17(8-10-18)16-5-3-2-4-6-16/h2-12,15H,13-14H2,1H3,(H2,23,27). The molecule has 0 fully saturated rings. The van der Waals surface area contributed by atoms with E-state index in [2.05, 4.69) is 12.1 Å². The van der Waals surface area contributed by atoms with Gasteiger partial charge in [-0.1, -0.05) is 54.7 Å². The Morgan fingerprint density at radius 2 is 1.44 bits per heavy atom. The fourth-order valence-corrected chi connectivity index (χ4v) is 2.81. The third kappa shape index (κ3) is 4.99. The Morgan fingerprint density at radius 3 is 2.11 bits per heavy atom. The summed E-state index contributed by atoms with van der Waals surface area (Å²) in [4.78, 5) is 0.282. The highest BCUT2D eigenvalue weighted by Gasteiger charge is 2.08. The first-order chi connectivity index (χ1) is 13.2. The highest BCUT2D eigenvalue weighted by molar-refractivity contribution is 7.80. The molecule has 4 nitrogen and oxygen atoms in total. The van der Waals surface area contributed by atoms with Gasteiger partial charge in [0, 0.05) is 6.07 Å². The lowest BCUT2D eigenvalue weighted by molar-refractivity contribution is 0.216. The molecule has 3 aromatic carbocycles. The van der Waals surface area contributed by atoms with Crippen LogP contribution in [0.4, 0.5) is 0 Å². The molecule has 0 saturated carbocycles. The zero-order valence-corrected chi connectivity index (χ0v) is 15.9. The van der Waals surface area contributed by atoms with Gasteiger partial charge in [0.25, 0.3) is 0 Å². The van der Waals surface area contributed by atoms with Crippen molar-refractivity contribution in [3.63, 3.8) is 0 Å². The number of hydrogen-bond acceptors (Lipinski definition) is 4. The average molecular weight is 379 g/mol. The summed E-state index contributed by atoms with van der Waals surface area (Å²) < 4.78 is 16.8. The second-order valence-corrected chi connectivity index (χ2v) is 6.25. The summed E-state index contributed by atoms with van der Waals surface area (Å²) in [6, 6.07) is 23.6. The maximum Gasteiger partial charge on any atom is 0.133 e. The summed E-state index contributed by atoms with van der Waals surface area (Å²) in [6.45, 7) is 0.766. The van der Waals surface area contributed by atoms with Gasteiger partial charge in [-0.3, -0.25) is 0 Å². The molecule has 0 saturated heterocycles.